The highest BCUT2D eigenvalue weighted by molar-refractivity contribution is 5.75. The Kier molecular flexibility index (Phi) is 3.78. The van der Waals surface area contributed by atoms with Crippen molar-refractivity contribution in [1.29, 1.82) is 5.26 Å². The van der Waals surface area contributed by atoms with E-state index in [1.807, 2.05) is 4.90 Å². The molecule has 94 valence electrons. The van der Waals surface area contributed by atoms with Crippen LogP contribution in [0, 0.1) is 11.3 Å². The number of nitrogens with zero attached hydrogens (tertiary/aromatic N) is 3. The first-order chi connectivity index (χ1) is 8.74. The lowest BCUT2D eigenvalue weighted by atomic mass is 10.2. The van der Waals surface area contributed by atoms with Crippen molar-refractivity contribution in [2.75, 3.05) is 18.1 Å². The highest BCUT2D eigenvalue weighted by Crippen LogP contribution is 2.30. The molecule has 1 aliphatic rings. The van der Waals surface area contributed by atoms with E-state index in [-0.39, 0.29) is 12.5 Å². The summed E-state index contributed by atoms with van der Waals surface area (Å²) in [5.74, 6) is 0.415. The van der Waals surface area contributed by atoms with E-state index < -0.39 is 0 Å². The van der Waals surface area contributed by atoms with Crippen LogP contribution >= 0.6 is 0 Å². The van der Waals surface area contributed by atoms with Crippen LogP contribution < -0.4 is 4.90 Å². The van der Waals surface area contributed by atoms with Crippen LogP contribution in [-0.2, 0) is 9.53 Å². The van der Waals surface area contributed by atoms with Crippen LogP contribution in [0.5, 0.6) is 0 Å². The lowest BCUT2D eigenvalue weighted by molar-refractivity contribution is -0.141. The molecule has 1 fully saturated rings. The smallest absolute Gasteiger partial charge is 0.325 e. The van der Waals surface area contributed by atoms with Crippen molar-refractivity contribution in [1.82, 2.24) is 4.98 Å². The molecule has 0 aliphatic heterocycles. The summed E-state index contributed by atoms with van der Waals surface area (Å²) in [7, 11) is 0. The van der Waals surface area contributed by atoms with E-state index in [1.165, 1.54) is 0 Å². The summed E-state index contributed by atoms with van der Waals surface area (Å²) in [6.07, 6.45) is 3.70. The van der Waals surface area contributed by atoms with E-state index in [2.05, 4.69) is 11.1 Å². The van der Waals surface area contributed by atoms with Gasteiger partial charge in [0, 0.05) is 12.2 Å². The summed E-state index contributed by atoms with van der Waals surface area (Å²) in [4.78, 5) is 17.7. The molecule has 2 rings (SSSR count). The Morgan fingerprint density at radius 3 is 3.06 bits per heavy atom. The molecule has 5 nitrogen and oxygen atoms in total. The molecule has 0 amide bonds. The average Bonchev–Trinajstić information content (AvgIpc) is 3.20. The molecular formula is C13H15N3O2. The fourth-order valence-electron chi connectivity index (χ4n) is 1.77. The third-order valence-corrected chi connectivity index (χ3v) is 2.76. The minimum Gasteiger partial charge on any atom is -0.465 e. The lowest BCUT2D eigenvalue weighted by Crippen LogP contribution is -2.33. The zero-order chi connectivity index (χ0) is 13.0. The van der Waals surface area contributed by atoms with Gasteiger partial charge in [-0.3, -0.25) is 4.79 Å². The topological polar surface area (TPSA) is 66.2 Å². The number of pyridine rings is 1. The van der Waals surface area contributed by atoms with Gasteiger partial charge in [0.15, 0.2) is 0 Å². The second-order valence-electron chi connectivity index (χ2n) is 4.18. The van der Waals surface area contributed by atoms with Crippen molar-refractivity contribution in [2.24, 2.45) is 0 Å². The standard InChI is InChI=1S/C13H15N3O2/c1-2-18-13(17)9-16(11-3-4-11)12-7-10(8-14)5-6-15-12/h5-7,11H,2-4,9H2,1H3. The summed E-state index contributed by atoms with van der Waals surface area (Å²) in [6, 6.07) is 5.78. The fourth-order valence-corrected chi connectivity index (χ4v) is 1.77. The van der Waals surface area contributed by atoms with E-state index in [4.69, 9.17) is 10.00 Å². The van der Waals surface area contributed by atoms with Crippen LogP contribution in [0.1, 0.15) is 25.3 Å². The highest BCUT2D eigenvalue weighted by Gasteiger charge is 2.31. The number of hydrogen-bond donors (Lipinski definition) is 0. The van der Waals surface area contributed by atoms with Crippen LogP contribution in [0.25, 0.3) is 0 Å². The first kappa shape index (κ1) is 12.4. The molecule has 0 radical (unpaired) electrons. The first-order valence-corrected chi connectivity index (χ1v) is 6.03. The van der Waals surface area contributed by atoms with Gasteiger partial charge in [0.1, 0.15) is 12.4 Å². The van der Waals surface area contributed by atoms with E-state index in [9.17, 15) is 4.79 Å². The van der Waals surface area contributed by atoms with E-state index in [0.29, 0.717) is 24.0 Å². The van der Waals surface area contributed by atoms with Crippen molar-refractivity contribution in [3.63, 3.8) is 0 Å². The number of aromatic nitrogens is 1. The van der Waals surface area contributed by atoms with Crippen LogP contribution in [0.4, 0.5) is 5.82 Å². The van der Waals surface area contributed by atoms with E-state index in [0.717, 1.165) is 12.8 Å². The van der Waals surface area contributed by atoms with Gasteiger partial charge in [0.25, 0.3) is 0 Å². The van der Waals surface area contributed by atoms with Gasteiger partial charge in [0.2, 0.25) is 0 Å². The maximum absolute atomic E-state index is 11.6. The molecule has 18 heavy (non-hydrogen) atoms. The van der Waals surface area contributed by atoms with Crippen LogP contribution in [0.2, 0.25) is 0 Å². The predicted molar refractivity (Wildman–Crippen MR) is 66.0 cm³/mol. The number of esters is 1. The Morgan fingerprint density at radius 2 is 2.44 bits per heavy atom. The lowest BCUT2D eigenvalue weighted by Gasteiger charge is -2.22. The minimum absolute atomic E-state index is 0.195. The SMILES string of the molecule is CCOC(=O)CN(c1cc(C#N)ccn1)C1CC1. The largest absolute Gasteiger partial charge is 0.465 e. The molecule has 0 aromatic carbocycles. The molecule has 5 heteroatoms. The monoisotopic (exact) mass is 245 g/mol. The average molecular weight is 245 g/mol. The van der Waals surface area contributed by atoms with Crippen molar-refractivity contribution in [3.8, 4) is 6.07 Å². The zero-order valence-electron chi connectivity index (χ0n) is 10.3. The Hall–Kier alpha value is -2.09. The van der Waals surface area contributed by atoms with Crippen LogP contribution in [0.15, 0.2) is 18.3 Å². The summed E-state index contributed by atoms with van der Waals surface area (Å²) in [5.41, 5.74) is 0.550. The van der Waals surface area contributed by atoms with Crippen molar-refractivity contribution < 1.29 is 9.53 Å². The number of anilines is 1. The first-order valence-electron chi connectivity index (χ1n) is 6.03. The molecule has 1 aliphatic carbocycles. The minimum atomic E-state index is -0.256. The van der Waals surface area contributed by atoms with Gasteiger partial charge in [0.05, 0.1) is 18.2 Å². The number of hydrogen-bond acceptors (Lipinski definition) is 5. The summed E-state index contributed by atoms with van der Waals surface area (Å²) in [6.45, 7) is 2.36. The molecule has 0 unspecified atom stereocenters. The van der Waals surface area contributed by atoms with Crippen LogP contribution in [-0.4, -0.2) is 30.1 Å². The Morgan fingerprint density at radius 1 is 1.67 bits per heavy atom. The number of nitriles is 1. The molecule has 0 saturated heterocycles. The zero-order valence-corrected chi connectivity index (χ0v) is 10.3. The Bertz CT molecular complexity index is 477. The highest BCUT2D eigenvalue weighted by atomic mass is 16.5. The number of ether oxygens (including phenoxy) is 1. The van der Waals surface area contributed by atoms with Gasteiger partial charge in [-0.2, -0.15) is 5.26 Å². The van der Waals surface area contributed by atoms with Crippen molar-refractivity contribution in [3.05, 3.63) is 23.9 Å². The van der Waals surface area contributed by atoms with Gasteiger partial charge in [-0.05, 0) is 31.9 Å². The number of carbonyl (C=O) groups excluding carboxylic acids is 1. The number of carbonyl (C=O) groups is 1. The molecule has 0 spiro atoms. The third kappa shape index (κ3) is 2.98. The molecule has 1 saturated carbocycles. The van der Waals surface area contributed by atoms with Crippen molar-refractivity contribution in [2.45, 2.75) is 25.8 Å². The van der Waals surface area contributed by atoms with Gasteiger partial charge in [-0.1, -0.05) is 0 Å². The summed E-state index contributed by atoms with van der Waals surface area (Å²) >= 11 is 0. The predicted octanol–water partition coefficient (Wildman–Crippen LogP) is 1.49. The normalized spacial score (nSPS) is 13.8. The van der Waals surface area contributed by atoms with Crippen LogP contribution in [0.3, 0.4) is 0 Å². The van der Waals surface area contributed by atoms with Gasteiger partial charge >= 0.3 is 5.97 Å². The Balaban J connectivity index is 2.14. The maximum atomic E-state index is 11.6. The third-order valence-electron chi connectivity index (χ3n) is 2.76. The fraction of sp³-hybridized carbons (Fsp3) is 0.462. The Labute approximate surface area is 106 Å². The molecule has 1 aromatic heterocycles. The van der Waals surface area contributed by atoms with Gasteiger partial charge in [-0.25, -0.2) is 4.98 Å². The molecule has 0 N–H and O–H groups in total. The summed E-state index contributed by atoms with van der Waals surface area (Å²) in [5, 5.41) is 8.88. The quantitative estimate of drug-likeness (QED) is 0.735. The molecule has 0 bridgehead atoms. The second kappa shape index (κ2) is 5.50. The number of rotatable bonds is 5. The molecule has 1 aromatic rings. The maximum Gasteiger partial charge on any atom is 0.325 e. The second-order valence-corrected chi connectivity index (χ2v) is 4.18. The molecule has 1 heterocycles. The van der Waals surface area contributed by atoms with E-state index >= 15 is 0 Å². The van der Waals surface area contributed by atoms with Crippen molar-refractivity contribution >= 4 is 11.8 Å². The summed E-state index contributed by atoms with van der Waals surface area (Å²) < 4.78 is 4.95. The molecular weight excluding hydrogens is 230 g/mol. The van der Waals surface area contributed by atoms with E-state index in [1.54, 1.807) is 25.3 Å². The molecule has 0 atom stereocenters. The van der Waals surface area contributed by atoms with Gasteiger partial charge in [-0.15, -0.1) is 0 Å². The van der Waals surface area contributed by atoms with Gasteiger partial charge < -0.3 is 9.64 Å².